The van der Waals surface area contributed by atoms with Crippen LogP contribution >= 0.6 is 0 Å². The molecule has 1 heterocycles. The topological polar surface area (TPSA) is 25.8 Å². The molecule has 0 amide bonds. The van der Waals surface area contributed by atoms with Crippen molar-refractivity contribution in [3.8, 4) is 0 Å². The van der Waals surface area contributed by atoms with Gasteiger partial charge in [-0.15, -0.1) is 0 Å². The van der Waals surface area contributed by atoms with E-state index in [0.717, 1.165) is 12.2 Å². The van der Waals surface area contributed by atoms with Crippen LogP contribution in [0, 0.1) is 5.92 Å². The van der Waals surface area contributed by atoms with Crippen LogP contribution in [0.2, 0.25) is 0 Å². The van der Waals surface area contributed by atoms with Crippen LogP contribution in [0.25, 0.3) is 0 Å². The van der Waals surface area contributed by atoms with Crippen molar-refractivity contribution >= 4 is 0 Å². The highest BCUT2D eigenvalue weighted by Crippen LogP contribution is 1.99. The predicted octanol–water partition coefficient (Wildman–Crippen LogP) is 2.70. The summed E-state index contributed by atoms with van der Waals surface area (Å²) in [5.74, 6) is 1.58. The molecule has 68 valence electrons. The van der Waals surface area contributed by atoms with E-state index in [9.17, 15) is 0 Å². The molecule has 0 aliphatic heterocycles. The van der Waals surface area contributed by atoms with Gasteiger partial charge < -0.3 is 0 Å². The minimum absolute atomic E-state index is 0.641. The summed E-state index contributed by atoms with van der Waals surface area (Å²) in [6.07, 6.45) is 4.54. The van der Waals surface area contributed by atoms with Crippen LogP contribution in [-0.4, -0.2) is 9.97 Å². The molecule has 0 aliphatic rings. The van der Waals surface area contributed by atoms with Gasteiger partial charge in [-0.1, -0.05) is 27.7 Å². The maximum Gasteiger partial charge on any atom is 0.128 e. The van der Waals surface area contributed by atoms with Crippen LogP contribution in [0.3, 0.4) is 0 Å². The molecule has 12 heavy (non-hydrogen) atoms. The molecule has 0 saturated heterocycles. The lowest BCUT2D eigenvalue weighted by atomic mass is 10.1. The van der Waals surface area contributed by atoms with Crippen molar-refractivity contribution in [1.29, 1.82) is 0 Å². The first kappa shape index (κ1) is 11.1. The fourth-order valence-corrected chi connectivity index (χ4v) is 0.801. The molecule has 0 aromatic carbocycles. The highest BCUT2D eigenvalue weighted by atomic mass is 14.8. The van der Waals surface area contributed by atoms with E-state index in [-0.39, 0.29) is 0 Å². The van der Waals surface area contributed by atoms with Crippen molar-refractivity contribution in [2.24, 2.45) is 5.92 Å². The van der Waals surface area contributed by atoms with Crippen LogP contribution in [0.4, 0.5) is 0 Å². The lowest BCUT2D eigenvalue weighted by Crippen LogP contribution is -1.98. The highest BCUT2D eigenvalue weighted by molar-refractivity contribution is 4.88. The maximum absolute atomic E-state index is 4.11. The summed E-state index contributed by atoms with van der Waals surface area (Å²) >= 11 is 0. The molecule has 0 radical (unpaired) electrons. The average Bonchev–Trinajstić information content (AvgIpc) is 2.08. The largest absolute Gasteiger partial charge is 0.241 e. The van der Waals surface area contributed by atoms with Gasteiger partial charge in [0.05, 0.1) is 0 Å². The number of hydrogen-bond donors (Lipinski definition) is 0. The van der Waals surface area contributed by atoms with E-state index in [4.69, 9.17) is 0 Å². The van der Waals surface area contributed by atoms with Crippen LogP contribution in [0.5, 0.6) is 0 Å². The smallest absolute Gasteiger partial charge is 0.128 e. The lowest BCUT2D eigenvalue weighted by molar-refractivity contribution is 0.620. The van der Waals surface area contributed by atoms with Gasteiger partial charge in [0.1, 0.15) is 5.82 Å². The maximum atomic E-state index is 4.11. The normalized spacial score (nSPS) is 9.08. The van der Waals surface area contributed by atoms with Crippen LogP contribution in [0.15, 0.2) is 18.5 Å². The zero-order valence-corrected chi connectivity index (χ0v) is 8.41. The van der Waals surface area contributed by atoms with Gasteiger partial charge in [-0.05, 0) is 12.0 Å². The Morgan fingerprint density at radius 1 is 1.17 bits per heavy atom. The minimum Gasteiger partial charge on any atom is -0.241 e. The van der Waals surface area contributed by atoms with Crippen molar-refractivity contribution < 1.29 is 0 Å². The minimum atomic E-state index is 0.641. The molecule has 0 unspecified atom stereocenters. The van der Waals surface area contributed by atoms with E-state index in [2.05, 4.69) is 23.8 Å². The third-order valence-electron chi connectivity index (χ3n) is 1.21. The molecule has 1 rings (SSSR count). The summed E-state index contributed by atoms with van der Waals surface area (Å²) in [6.45, 7) is 8.33. The number of nitrogens with zero attached hydrogens (tertiary/aromatic N) is 2. The standard InChI is InChI=1S/C8H12N2.C2H6/c1-7(2)6-8-9-4-3-5-10-8;1-2/h3-5,7H,6H2,1-2H3;1-2H3. The lowest BCUT2D eigenvalue weighted by Gasteiger charge is -2.00. The predicted molar refractivity (Wildman–Crippen MR) is 51.9 cm³/mol. The quantitative estimate of drug-likeness (QED) is 0.675. The summed E-state index contributed by atoms with van der Waals surface area (Å²) in [7, 11) is 0. The van der Waals surface area contributed by atoms with Gasteiger partial charge in [0.2, 0.25) is 0 Å². The van der Waals surface area contributed by atoms with Crippen LogP contribution < -0.4 is 0 Å². The fraction of sp³-hybridized carbons (Fsp3) is 0.600. The molecule has 2 nitrogen and oxygen atoms in total. The van der Waals surface area contributed by atoms with Crippen molar-refractivity contribution in [2.75, 3.05) is 0 Å². The van der Waals surface area contributed by atoms with Gasteiger partial charge in [-0.2, -0.15) is 0 Å². The molecule has 0 N–H and O–H groups in total. The number of hydrogen-bond acceptors (Lipinski definition) is 2. The Morgan fingerprint density at radius 2 is 1.67 bits per heavy atom. The fourth-order valence-electron chi connectivity index (χ4n) is 0.801. The SMILES string of the molecule is CC.CC(C)Cc1ncccn1. The zero-order valence-electron chi connectivity index (χ0n) is 8.41. The second-order valence-electron chi connectivity index (χ2n) is 2.76. The molecule has 0 saturated carbocycles. The first-order chi connectivity index (χ1) is 5.79. The van der Waals surface area contributed by atoms with E-state index >= 15 is 0 Å². The van der Waals surface area contributed by atoms with Gasteiger partial charge in [0, 0.05) is 18.8 Å². The Morgan fingerprint density at radius 3 is 2.08 bits per heavy atom. The number of rotatable bonds is 2. The van der Waals surface area contributed by atoms with E-state index in [1.165, 1.54) is 0 Å². The van der Waals surface area contributed by atoms with Gasteiger partial charge >= 0.3 is 0 Å². The van der Waals surface area contributed by atoms with Crippen LogP contribution in [-0.2, 0) is 6.42 Å². The summed E-state index contributed by atoms with van der Waals surface area (Å²) in [4.78, 5) is 8.22. The van der Waals surface area contributed by atoms with Crippen molar-refractivity contribution in [3.05, 3.63) is 24.3 Å². The number of aromatic nitrogens is 2. The third kappa shape index (κ3) is 4.83. The molecule has 0 spiro atoms. The van der Waals surface area contributed by atoms with Gasteiger partial charge in [-0.3, -0.25) is 0 Å². The molecule has 0 aliphatic carbocycles. The molecule has 1 aromatic rings. The van der Waals surface area contributed by atoms with Crippen molar-refractivity contribution in [3.63, 3.8) is 0 Å². The Balaban J connectivity index is 0.000000561. The summed E-state index contributed by atoms with van der Waals surface area (Å²) in [5.41, 5.74) is 0. The van der Waals surface area contributed by atoms with Crippen molar-refractivity contribution in [2.45, 2.75) is 34.1 Å². The molecule has 0 bridgehead atoms. The Bertz CT molecular complexity index is 182. The molecule has 2 heteroatoms. The average molecular weight is 166 g/mol. The van der Waals surface area contributed by atoms with Crippen molar-refractivity contribution in [1.82, 2.24) is 9.97 Å². The van der Waals surface area contributed by atoms with Gasteiger partial charge in [0.25, 0.3) is 0 Å². The van der Waals surface area contributed by atoms with Gasteiger partial charge in [-0.25, -0.2) is 9.97 Å². The molecule has 0 atom stereocenters. The van der Waals surface area contributed by atoms with Crippen LogP contribution in [0.1, 0.15) is 33.5 Å². The zero-order chi connectivity index (χ0) is 9.40. The Hall–Kier alpha value is -0.920. The summed E-state index contributed by atoms with van der Waals surface area (Å²) < 4.78 is 0. The monoisotopic (exact) mass is 166 g/mol. The highest BCUT2D eigenvalue weighted by Gasteiger charge is 1.97. The molecular weight excluding hydrogens is 148 g/mol. The summed E-state index contributed by atoms with van der Waals surface area (Å²) in [6, 6.07) is 1.84. The van der Waals surface area contributed by atoms with E-state index in [1.807, 2.05) is 19.9 Å². The first-order valence-corrected chi connectivity index (χ1v) is 4.55. The second kappa shape index (κ2) is 6.77. The molecular formula is C10H18N2. The second-order valence-corrected chi connectivity index (χ2v) is 2.76. The Labute approximate surface area is 75.1 Å². The first-order valence-electron chi connectivity index (χ1n) is 4.55. The van der Waals surface area contributed by atoms with E-state index < -0.39 is 0 Å². The van der Waals surface area contributed by atoms with E-state index in [0.29, 0.717) is 5.92 Å². The van der Waals surface area contributed by atoms with E-state index in [1.54, 1.807) is 12.4 Å². The third-order valence-corrected chi connectivity index (χ3v) is 1.21. The molecule has 0 fully saturated rings. The molecule has 1 aromatic heterocycles. The van der Waals surface area contributed by atoms with Gasteiger partial charge in [0.15, 0.2) is 0 Å². The Kier molecular flexibility index (Phi) is 6.25. The summed E-state index contributed by atoms with van der Waals surface area (Å²) in [5, 5.41) is 0.